The molecular formula is C19H18F2N4O2S. The number of hydrogen-bond acceptors (Lipinski definition) is 5. The average molecular weight is 404 g/mol. The Bertz CT molecular complexity index is 1020. The van der Waals surface area contributed by atoms with Gasteiger partial charge in [-0.05, 0) is 32.0 Å². The molecule has 1 amide bonds. The number of hydrogen-bond donors (Lipinski definition) is 1. The van der Waals surface area contributed by atoms with Gasteiger partial charge in [-0.15, -0.1) is 16.8 Å². The van der Waals surface area contributed by atoms with Crippen molar-refractivity contribution in [3.8, 4) is 11.4 Å². The van der Waals surface area contributed by atoms with Crippen LogP contribution >= 0.6 is 11.8 Å². The maximum atomic E-state index is 13.3. The van der Waals surface area contributed by atoms with Gasteiger partial charge in [0, 0.05) is 18.3 Å². The van der Waals surface area contributed by atoms with E-state index in [9.17, 15) is 13.6 Å². The molecule has 28 heavy (non-hydrogen) atoms. The number of amides is 1. The molecule has 0 fully saturated rings. The van der Waals surface area contributed by atoms with E-state index in [0.717, 1.165) is 17.7 Å². The Morgan fingerprint density at radius 2 is 2.14 bits per heavy atom. The zero-order valence-corrected chi connectivity index (χ0v) is 16.1. The van der Waals surface area contributed by atoms with Gasteiger partial charge in [0.2, 0.25) is 5.91 Å². The van der Waals surface area contributed by atoms with Crippen molar-refractivity contribution in [2.75, 3.05) is 5.32 Å². The van der Waals surface area contributed by atoms with Gasteiger partial charge in [-0.3, -0.25) is 9.36 Å². The van der Waals surface area contributed by atoms with Gasteiger partial charge in [0.15, 0.2) is 22.6 Å². The first kappa shape index (κ1) is 19.8. The summed E-state index contributed by atoms with van der Waals surface area (Å²) in [4.78, 5) is 12.4. The number of carbonyl (C=O) groups excluding carboxylic acids is 1. The molecule has 0 unspecified atom stereocenters. The number of aryl methyl sites for hydroxylation is 1. The Kier molecular flexibility index (Phi) is 5.93. The number of thioether (sulfide) groups is 1. The van der Waals surface area contributed by atoms with Crippen molar-refractivity contribution in [1.82, 2.24) is 14.8 Å². The van der Waals surface area contributed by atoms with E-state index in [0.29, 0.717) is 23.3 Å². The number of allylic oxidation sites excluding steroid dienone is 1. The van der Waals surface area contributed by atoms with Crippen LogP contribution in [-0.4, -0.2) is 25.9 Å². The van der Waals surface area contributed by atoms with E-state index in [2.05, 4.69) is 22.1 Å². The van der Waals surface area contributed by atoms with Crippen LogP contribution < -0.4 is 5.32 Å². The summed E-state index contributed by atoms with van der Waals surface area (Å²) in [5.74, 6) is -1.05. The number of halogens is 2. The van der Waals surface area contributed by atoms with Crippen LogP contribution in [0.1, 0.15) is 12.7 Å². The highest BCUT2D eigenvalue weighted by Crippen LogP contribution is 2.29. The lowest BCUT2D eigenvalue weighted by molar-refractivity contribution is -0.115. The van der Waals surface area contributed by atoms with Gasteiger partial charge in [-0.2, -0.15) is 0 Å². The Labute approximate surface area is 164 Å². The minimum Gasteiger partial charge on any atom is -0.469 e. The molecule has 3 aromatic rings. The summed E-state index contributed by atoms with van der Waals surface area (Å²) >= 11 is 1.20. The minimum absolute atomic E-state index is 0.179. The molecule has 1 N–H and O–H groups in total. The first-order valence-corrected chi connectivity index (χ1v) is 9.29. The number of nitrogens with one attached hydrogen (secondary N) is 1. The van der Waals surface area contributed by atoms with Gasteiger partial charge in [-0.1, -0.05) is 17.8 Å². The number of rotatable bonds is 7. The Morgan fingerprint density at radius 3 is 2.79 bits per heavy atom. The molecule has 0 aliphatic heterocycles. The van der Waals surface area contributed by atoms with Crippen LogP contribution in [0.5, 0.6) is 0 Å². The number of benzene rings is 1. The summed E-state index contributed by atoms with van der Waals surface area (Å²) in [5, 5.41) is 10.9. The van der Waals surface area contributed by atoms with Crippen molar-refractivity contribution < 1.29 is 18.0 Å². The fraction of sp³-hybridized carbons (Fsp3) is 0.211. The summed E-state index contributed by atoms with van der Waals surface area (Å²) in [6, 6.07) is 4.99. The smallest absolute Gasteiger partial charge is 0.237 e. The Hall–Kier alpha value is -2.94. The second-order valence-corrected chi connectivity index (χ2v) is 7.28. The van der Waals surface area contributed by atoms with E-state index in [1.54, 1.807) is 25.3 Å². The van der Waals surface area contributed by atoms with E-state index in [-0.39, 0.29) is 11.6 Å². The Balaban J connectivity index is 1.77. The van der Waals surface area contributed by atoms with Gasteiger partial charge in [0.25, 0.3) is 0 Å². The van der Waals surface area contributed by atoms with Crippen molar-refractivity contribution in [2.45, 2.75) is 30.8 Å². The second-order valence-electron chi connectivity index (χ2n) is 5.97. The van der Waals surface area contributed by atoms with Crippen LogP contribution in [0.2, 0.25) is 0 Å². The number of anilines is 1. The fourth-order valence-electron chi connectivity index (χ4n) is 2.52. The van der Waals surface area contributed by atoms with E-state index in [1.807, 2.05) is 11.5 Å². The predicted molar refractivity (Wildman–Crippen MR) is 103 cm³/mol. The van der Waals surface area contributed by atoms with Crippen molar-refractivity contribution in [3.63, 3.8) is 0 Å². The first-order valence-electron chi connectivity index (χ1n) is 8.41. The van der Waals surface area contributed by atoms with Gasteiger partial charge in [0.05, 0.1) is 17.1 Å². The van der Waals surface area contributed by atoms with Crippen LogP contribution in [0.3, 0.4) is 0 Å². The molecule has 0 aliphatic rings. The molecule has 9 heteroatoms. The monoisotopic (exact) mass is 404 g/mol. The Morgan fingerprint density at radius 1 is 1.36 bits per heavy atom. The molecule has 6 nitrogen and oxygen atoms in total. The molecule has 0 spiro atoms. The zero-order chi connectivity index (χ0) is 20.3. The van der Waals surface area contributed by atoms with Gasteiger partial charge >= 0.3 is 0 Å². The topological polar surface area (TPSA) is 73.0 Å². The highest BCUT2D eigenvalue weighted by molar-refractivity contribution is 8.00. The van der Waals surface area contributed by atoms with E-state index in [1.165, 1.54) is 17.8 Å². The number of carbonyl (C=O) groups is 1. The molecule has 2 aromatic heterocycles. The molecule has 0 radical (unpaired) electrons. The van der Waals surface area contributed by atoms with Crippen LogP contribution in [0.25, 0.3) is 11.4 Å². The maximum Gasteiger partial charge on any atom is 0.237 e. The van der Waals surface area contributed by atoms with Gasteiger partial charge in [-0.25, -0.2) is 8.78 Å². The third kappa shape index (κ3) is 4.14. The molecular weight excluding hydrogens is 386 g/mol. The van der Waals surface area contributed by atoms with Crippen molar-refractivity contribution >= 4 is 23.4 Å². The highest BCUT2D eigenvalue weighted by atomic mass is 32.2. The lowest BCUT2D eigenvalue weighted by Crippen LogP contribution is -2.23. The summed E-state index contributed by atoms with van der Waals surface area (Å²) < 4.78 is 33.5. The minimum atomic E-state index is -1.02. The summed E-state index contributed by atoms with van der Waals surface area (Å²) in [6.07, 6.45) is 3.28. The molecule has 1 atom stereocenters. The van der Waals surface area contributed by atoms with Crippen molar-refractivity contribution in [3.05, 3.63) is 60.6 Å². The summed E-state index contributed by atoms with van der Waals surface area (Å²) in [7, 11) is 0. The quantitative estimate of drug-likeness (QED) is 0.466. The molecule has 146 valence electrons. The maximum absolute atomic E-state index is 13.3. The normalized spacial score (nSPS) is 12.0. The molecule has 0 aliphatic carbocycles. The lowest BCUT2D eigenvalue weighted by atomic mass is 10.2. The number of aromatic nitrogens is 3. The molecule has 1 aromatic carbocycles. The van der Waals surface area contributed by atoms with E-state index >= 15 is 0 Å². The molecule has 3 rings (SSSR count). The molecule has 2 heterocycles. The van der Waals surface area contributed by atoms with E-state index in [4.69, 9.17) is 4.42 Å². The SMILES string of the molecule is C=CCn1c(S[C@H](C)C(=O)Nc2ccc(F)c(F)c2)nnc1-c1ccoc1C. The van der Waals surface area contributed by atoms with Crippen LogP contribution in [0.15, 0.2) is 52.8 Å². The van der Waals surface area contributed by atoms with E-state index < -0.39 is 16.9 Å². The standard InChI is InChI=1S/C19H18F2N4O2S/c1-4-8-25-17(14-7-9-27-11(14)2)23-24-19(25)28-12(3)18(26)22-13-5-6-15(20)16(21)10-13/h4-7,9-10,12H,1,8H2,2-3H3,(H,22,26)/t12-/m1/s1. The zero-order valence-electron chi connectivity index (χ0n) is 15.3. The number of furan rings is 1. The summed E-state index contributed by atoms with van der Waals surface area (Å²) in [6.45, 7) is 7.72. The molecule has 0 saturated heterocycles. The van der Waals surface area contributed by atoms with Crippen LogP contribution in [0, 0.1) is 18.6 Å². The second kappa shape index (κ2) is 8.39. The third-order valence-electron chi connectivity index (χ3n) is 3.97. The summed E-state index contributed by atoms with van der Waals surface area (Å²) in [5.41, 5.74) is 0.985. The van der Waals surface area contributed by atoms with Crippen molar-refractivity contribution in [2.24, 2.45) is 0 Å². The largest absolute Gasteiger partial charge is 0.469 e. The fourth-order valence-corrected chi connectivity index (χ4v) is 3.37. The first-order chi connectivity index (χ1) is 13.4. The molecule has 0 bridgehead atoms. The van der Waals surface area contributed by atoms with Crippen LogP contribution in [-0.2, 0) is 11.3 Å². The predicted octanol–water partition coefficient (Wildman–Crippen LogP) is 4.43. The average Bonchev–Trinajstić information content (AvgIpc) is 3.24. The lowest BCUT2D eigenvalue weighted by Gasteiger charge is -2.13. The molecule has 0 saturated carbocycles. The number of nitrogens with zero attached hydrogens (tertiary/aromatic N) is 3. The van der Waals surface area contributed by atoms with Gasteiger partial charge < -0.3 is 9.73 Å². The third-order valence-corrected chi connectivity index (χ3v) is 5.05. The van der Waals surface area contributed by atoms with Crippen molar-refractivity contribution in [1.29, 1.82) is 0 Å². The van der Waals surface area contributed by atoms with Gasteiger partial charge in [0.1, 0.15) is 5.76 Å². The van der Waals surface area contributed by atoms with Crippen LogP contribution in [0.4, 0.5) is 14.5 Å². The highest BCUT2D eigenvalue weighted by Gasteiger charge is 2.22.